The number of aromatic hydroxyl groups is 10. The Hall–Kier alpha value is -9.49. The van der Waals surface area contributed by atoms with Crippen LogP contribution in [0.2, 0.25) is 0 Å². The van der Waals surface area contributed by atoms with Gasteiger partial charge in [0.2, 0.25) is 5.78 Å². The first-order valence-electron chi connectivity index (χ1n) is 44.7. The quantitative estimate of drug-likeness (QED) is 0.0125. The Kier molecular flexibility index (Phi) is 48.7. The molecule has 1 aromatic heterocycles. The van der Waals surface area contributed by atoms with Gasteiger partial charge in [0.15, 0.2) is 11.6 Å². The number of nitrogens with zero attached hydrogens (tertiary/aromatic N) is 3. The number of aromatic amines is 1. The van der Waals surface area contributed by atoms with Crippen LogP contribution in [0.1, 0.15) is 366 Å². The number of H-pyrrole nitrogens is 1. The molecule has 19 heteroatoms. The van der Waals surface area contributed by atoms with E-state index in [2.05, 4.69) is 44.5 Å². The molecule has 119 heavy (non-hydrogen) atoms. The molecule has 6 aromatic carbocycles. The summed E-state index contributed by atoms with van der Waals surface area (Å²) in [5.41, 5.74) is 5.46. The van der Waals surface area contributed by atoms with Gasteiger partial charge in [-0.2, -0.15) is 0 Å². The van der Waals surface area contributed by atoms with Gasteiger partial charge in [0.05, 0.1) is 5.69 Å². The highest BCUT2D eigenvalue weighted by atomic mass is 16.3. The van der Waals surface area contributed by atoms with E-state index in [4.69, 9.17) is 0 Å². The zero-order valence-corrected chi connectivity index (χ0v) is 72.8. The first-order chi connectivity index (χ1) is 56.8. The fourth-order valence-corrected chi connectivity index (χ4v) is 15.2. The molecule has 1 unspecified atom stereocenters. The summed E-state index contributed by atoms with van der Waals surface area (Å²) in [4.78, 5) is 70.5. The van der Waals surface area contributed by atoms with Gasteiger partial charge in [0.1, 0.15) is 57.5 Å². The van der Waals surface area contributed by atoms with E-state index in [-0.39, 0.29) is 112 Å². The van der Waals surface area contributed by atoms with E-state index in [9.17, 15) is 75.0 Å². The van der Waals surface area contributed by atoms with Crippen molar-refractivity contribution in [2.24, 2.45) is 5.92 Å². The molecular weight excluding hydrogens is 1500 g/mol. The number of piperazine rings is 1. The van der Waals surface area contributed by atoms with E-state index in [1.807, 2.05) is 29.8 Å². The highest BCUT2D eigenvalue weighted by Crippen LogP contribution is 2.37. The molecule has 2 aliphatic heterocycles. The number of ketones is 3. The molecule has 2 fully saturated rings. The number of carbonyl (C=O) groups excluding carboxylic acids is 5. The Bertz CT molecular complexity index is 4000. The second-order valence-corrected chi connectivity index (χ2v) is 32.6. The van der Waals surface area contributed by atoms with Gasteiger partial charge in [-0.05, 0) is 170 Å². The molecule has 0 aliphatic carbocycles. The van der Waals surface area contributed by atoms with Crippen molar-refractivity contribution < 1.29 is 75.0 Å². The lowest BCUT2D eigenvalue weighted by atomic mass is 9.96. The van der Waals surface area contributed by atoms with E-state index in [0.717, 1.165) is 110 Å². The highest BCUT2D eigenvalue weighted by Gasteiger charge is 2.29. The minimum absolute atomic E-state index is 0. The van der Waals surface area contributed by atoms with E-state index in [1.165, 1.54) is 189 Å². The number of hydrogen-bond acceptors (Lipinski definition) is 16. The van der Waals surface area contributed by atoms with Gasteiger partial charge in [0.25, 0.3) is 11.8 Å². The summed E-state index contributed by atoms with van der Waals surface area (Å²) < 4.78 is 0. The molecule has 9 rings (SSSR count). The predicted molar refractivity (Wildman–Crippen MR) is 482 cm³/mol. The first kappa shape index (κ1) is 102. The lowest BCUT2D eigenvalue weighted by Crippen LogP contribution is -2.52. The molecule has 7 aromatic rings. The number of unbranched alkanes of at least 4 members (excludes halogenated alkanes) is 25. The van der Waals surface area contributed by atoms with Crippen LogP contribution in [-0.4, -0.2) is 146 Å². The molecule has 19 nitrogen and oxygen atoms in total. The van der Waals surface area contributed by atoms with Crippen LogP contribution in [0.3, 0.4) is 0 Å². The van der Waals surface area contributed by atoms with Crippen LogP contribution in [0.25, 0.3) is 0 Å². The van der Waals surface area contributed by atoms with Gasteiger partial charge in [0, 0.05) is 112 Å². The number of Topliss-reactive ketones (excluding diaryl/α,β-unsaturated/α-hetero) is 1. The first-order valence-corrected chi connectivity index (χ1v) is 44.7. The average Bonchev–Trinajstić information content (AvgIpc) is 1.32. The summed E-state index contributed by atoms with van der Waals surface area (Å²) >= 11 is 0. The summed E-state index contributed by atoms with van der Waals surface area (Å²) in [6, 6.07) is 27.2. The largest absolute Gasteiger partial charge is 0.508 e. The Morgan fingerprint density at radius 3 is 0.966 bits per heavy atom. The van der Waals surface area contributed by atoms with Gasteiger partial charge in [-0.3, -0.25) is 24.0 Å². The van der Waals surface area contributed by atoms with Crippen molar-refractivity contribution in [3.8, 4) is 57.5 Å². The topological polar surface area (TPSA) is 313 Å². The number of phenolic OH excluding ortho intramolecular Hbond substituents is 10. The van der Waals surface area contributed by atoms with Crippen LogP contribution in [0.5, 0.6) is 57.5 Å². The summed E-state index contributed by atoms with van der Waals surface area (Å²) in [6.07, 6.45) is 42.8. The van der Waals surface area contributed by atoms with E-state index in [1.54, 1.807) is 56.4 Å². The molecule has 0 radical (unpaired) electrons. The molecule has 2 amide bonds. The number of likely N-dealkylation sites (N-methyl/N-ethyl adjacent to an activating group) is 1. The molecule has 1 atom stereocenters. The summed E-state index contributed by atoms with van der Waals surface area (Å²) in [6.45, 7) is 20.5. The van der Waals surface area contributed by atoms with Crippen LogP contribution in [0.15, 0.2) is 109 Å². The van der Waals surface area contributed by atoms with Gasteiger partial charge in [-0.25, -0.2) is 0 Å². The van der Waals surface area contributed by atoms with Crippen molar-refractivity contribution in [3.63, 3.8) is 0 Å². The SMILES string of the molecule is C.CCCCCCCCc1c(O)cc(C(=O)C(C)C)cc1O.CCCCCCCCc1c(O)cc(C(=O)N2CCCCC2)cc1O.CCCCCCCCc1c(O)cc(C(=O)N2CCN(C)CC2C)cc1O.CCCCCCCCc1c(O)cc(C(=O)c2ccc[nH]2)cc1O.CCCCCCCCc1c(O)cc(C(=O)c2ccccc2)cc1O. The van der Waals surface area contributed by atoms with Crippen LogP contribution < -0.4 is 0 Å². The number of phenols is 10. The van der Waals surface area contributed by atoms with Crippen LogP contribution in [0.4, 0.5) is 0 Å². The Labute approximate surface area is 712 Å². The Balaban J connectivity index is 0.000000313. The number of piperidine rings is 1. The molecule has 2 saturated heterocycles. The zero-order valence-electron chi connectivity index (χ0n) is 72.8. The van der Waals surface area contributed by atoms with E-state index in [0.29, 0.717) is 100.0 Å². The van der Waals surface area contributed by atoms with Crippen LogP contribution in [0, 0.1) is 5.92 Å². The molecule has 2 aliphatic rings. The molecular formula is C100H148N4O15. The van der Waals surface area contributed by atoms with Gasteiger partial charge in [-0.15, -0.1) is 0 Å². The van der Waals surface area contributed by atoms with Crippen molar-refractivity contribution in [1.82, 2.24) is 19.7 Å². The smallest absolute Gasteiger partial charge is 0.254 e. The fourth-order valence-electron chi connectivity index (χ4n) is 15.2. The lowest BCUT2D eigenvalue weighted by Gasteiger charge is -2.38. The van der Waals surface area contributed by atoms with Gasteiger partial charge < -0.3 is 70.7 Å². The van der Waals surface area contributed by atoms with Crippen molar-refractivity contribution in [3.05, 3.63) is 176 Å². The number of amides is 2. The fraction of sp³-hybridized carbons (Fsp3) is 0.550. The van der Waals surface area contributed by atoms with Crippen molar-refractivity contribution in [2.75, 3.05) is 39.8 Å². The Morgan fingerprint density at radius 1 is 0.353 bits per heavy atom. The van der Waals surface area contributed by atoms with E-state index < -0.39 is 0 Å². The minimum atomic E-state index is -0.244. The average molecular weight is 1650 g/mol. The summed E-state index contributed by atoms with van der Waals surface area (Å²) in [7, 11) is 2.05. The van der Waals surface area contributed by atoms with Crippen molar-refractivity contribution >= 4 is 29.2 Å². The second-order valence-electron chi connectivity index (χ2n) is 32.6. The number of carbonyl (C=O) groups is 5. The summed E-state index contributed by atoms with van der Waals surface area (Å²) in [5.74, 6) is -0.652. The number of likely N-dealkylation sites (tertiary alicyclic amines) is 1. The number of nitrogens with one attached hydrogen (secondary N) is 1. The van der Waals surface area contributed by atoms with Crippen molar-refractivity contribution in [2.45, 2.75) is 313 Å². The summed E-state index contributed by atoms with van der Waals surface area (Å²) in [5, 5.41) is 102. The van der Waals surface area contributed by atoms with Gasteiger partial charge >= 0.3 is 0 Å². The normalized spacial score (nSPS) is 13.2. The van der Waals surface area contributed by atoms with Gasteiger partial charge in [-0.1, -0.05) is 247 Å². The maximum Gasteiger partial charge on any atom is 0.254 e. The molecule has 0 spiro atoms. The highest BCUT2D eigenvalue weighted by molar-refractivity contribution is 6.10. The molecule has 0 saturated carbocycles. The number of aromatic nitrogens is 1. The number of benzene rings is 6. The number of rotatable bonds is 43. The molecule has 658 valence electrons. The second kappa shape index (κ2) is 56.9. The van der Waals surface area contributed by atoms with Crippen LogP contribution >= 0.6 is 0 Å². The third-order valence-corrected chi connectivity index (χ3v) is 22.4. The zero-order chi connectivity index (χ0) is 86.3. The molecule has 3 heterocycles. The van der Waals surface area contributed by atoms with Crippen LogP contribution in [-0.2, 0) is 32.1 Å². The van der Waals surface area contributed by atoms with E-state index >= 15 is 0 Å². The monoisotopic (exact) mass is 1650 g/mol. The third kappa shape index (κ3) is 35.4. The maximum absolute atomic E-state index is 12.8. The number of hydrogen-bond donors (Lipinski definition) is 11. The minimum Gasteiger partial charge on any atom is -0.508 e. The molecule has 11 N–H and O–H groups in total. The lowest BCUT2D eigenvalue weighted by molar-refractivity contribution is 0.0532. The molecule has 0 bridgehead atoms. The van der Waals surface area contributed by atoms with Crippen molar-refractivity contribution in [1.29, 1.82) is 0 Å². The predicted octanol–water partition coefficient (Wildman–Crippen LogP) is 23.7. The maximum atomic E-state index is 12.8. The Morgan fingerprint density at radius 2 is 0.655 bits per heavy atom. The standard InChI is InChI=1S/C21H34N2O3.C21H26O3.C20H31NO3.C19H25NO3.C18H28O3.CH4/c1-4-5-6-7-8-9-10-18-19(24)13-17(14-20(18)25)21(26)23-12-11-22(3)15-16(23)2;1-2-3-4-5-6-10-13-18-19(22)14-17(15-20(18)23)21(24)16-11-8-7-9-12-16;1-2-3-4-5-6-8-11-17-18(22)14-16(15-19(17)23)20(24)21-12-9-7-10-13-21;1-2-3-4-5-6-7-9-15-17(21)12-14(13-18(15)22)19(23)16-10-8-11-20-16;1-4-5-6-7-8-9-10-15-16(19)11-14(12-17(15)20)18(21)13(2)3;/h13-14,16,24-25H,4-12,15H2,1-3H3;7-9,11-12,14-15,22-23H,2-6,10,13H2,1H3;14-15,22-23H,2-13H2,1H3;8,10-13,20-22H,2-7,9H2,1H3;11-13,19-20H,4-10H2,1-3H3;1H4. The third-order valence-electron chi connectivity index (χ3n) is 22.4.